The predicted molar refractivity (Wildman–Crippen MR) is 111 cm³/mol. The van der Waals surface area contributed by atoms with Gasteiger partial charge < -0.3 is 15.4 Å². The van der Waals surface area contributed by atoms with Crippen LogP contribution in [0.25, 0.3) is 0 Å². The summed E-state index contributed by atoms with van der Waals surface area (Å²) >= 11 is 0. The van der Waals surface area contributed by atoms with Gasteiger partial charge in [0.05, 0.1) is 12.6 Å². The molecular weight excluding hydrogens is 338 g/mol. The highest BCUT2D eigenvalue weighted by molar-refractivity contribution is 5.80. The number of guanidine groups is 1. The Balaban J connectivity index is 1.85. The SMILES string of the molecule is CCNC(=NCCCn1cccn1)NC(C)c1ccc(OCC(C)C)cc1. The molecule has 0 aliphatic rings. The Morgan fingerprint density at radius 1 is 1.22 bits per heavy atom. The quantitative estimate of drug-likeness (QED) is 0.380. The van der Waals surface area contributed by atoms with Crippen LogP contribution < -0.4 is 15.4 Å². The lowest BCUT2D eigenvalue weighted by Crippen LogP contribution is -2.38. The maximum Gasteiger partial charge on any atom is 0.191 e. The smallest absolute Gasteiger partial charge is 0.191 e. The number of rotatable bonds is 10. The van der Waals surface area contributed by atoms with Crippen molar-refractivity contribution in [3.63, 3.8) is 0 Å². The lowest BCUT2D eigenvalue weighted by Gasteiger charge is -2.18. The molecule has 1 unspecified atom stereocenters. The van der Waals surface area contributed by atoms with Crippen LogP contribution in [-0.2, 0) is 6.54 Å². The first kappa shape index (κ1) is 20.8. The Morgan fingerprint density at radius 2 is 2.00 bits per heavy atom. The van der Waals surface area contributed by atoms with Crippen molar-refractivity contribution < 1.29 is 4.74 Å². The second kappa shape index (κ2) is 11.3. The molecular formula is C21H33N5O. The Kier molecular flexibility index (Phi) is 8.68. The van der Waals surface area contributed by atoms with E-state index in [1.807, 2.05) is 29.1 Å². The van der Waals surface area contributed by atoms with Crippen LogP contribution >= 0.6 is 0 Å². The van der Waals surface area contributed by atoms with Gasteiger partial charge in [0.2, 0.25) is 0 Å². The maximum absolute atomic E-state index is 5.75. The summed E-state index contributed by atoms with van der Waals surface area (Å²) < 4.78 is 7.69. The molecule has 148 valence electrons. The van der Waals surface area contributed by atoms with Crippen molar-refractivity contribution in [1.82, 2.24) is 20.4 Å². The fourth-order valence-corrected chi connectivity index (χ4v) is 2.58. The van der Waals surface area contributed by atoms with Gasteiger partial charge in [-0.3, -0.25) is 9.67 Å². The van der Waals surface area contributed by atoms with Crippen molar-refractivity contribution in [2.75, 3.05) is 19.7 Å². The van der Waals surface area contributed by atoms with Crippen molar-refractivity contribution in [3.8, 4) is 5.75 Å². The molecule has 0 amide bonds. The van der Waals surface area contributed by atoms with Crippen molar-refractivity contribution in [2.45, 2.75) is 46.7 Å². The minimum Gasteiger partial charge on any atom is -0.493 e. The maximum atomic E-state index is 5.75. The number of aromatic nitrogens is 2. The summed E-state index contributed by atoms with van der Waals surface area (Å²) in [6, 6.07) is 10.4. The summed E-state index contributed by atoms with van der Waals surface area (Å²) in [5.41, 5.74) is 1.20. The third-order valence-electron chi connectivity index (χ3n) is 4.04. The molecule has 27 heavy (non-hydrogen) atoms. The van der Waals surface area contributed by atoms with E-state index >= 15 is 0 Å². The zero-order valence-corrected chi connectivity index (χ0v) is 17.0. The summed E-state index contributed by atoms with van der Waals surface area (Å²) in [6.07, 6.45) is 4.73. The molecule has 0 fully saturated rings. The van der Waals surface area contributed by atoms with Gasteiger partial charge in [0.25, 0.3) is 0 Å². The molecule has 1 aromatic heterocycles. The minimum atomic E-state index is 0.160. The average molecular weight is 372 g/mol. The van der Waals surface area contributed by atoms with E-state index in [1.54, 1.807) is 6.20 Å². The molecule has 0 saturated carbocycles. The third-order valence-corrected chi connectivity index (χ3v) is 4.04. The van der Waals surface area contributed by atoms with E-state index in [0.29, 0.717) is 5.92 Å². The van der Waals surface area contributed by atoms with Crippen LogP contribution in [-0.4, -0.2) is 35.4 Å². The first-order valence-corrected chi connectivity index (χ1v) is 9.83. The van der Waals surface area contributed by atoms with Crippen molar-refractivity contribution in [3.05, 3.63) is 48.3 Å². The van der Waals surface area contributed by atoms with Crippen LogP contribution in [0.5, 0.6) is 5.75 Å². The molecule has 0 bridgehead atoms. The number of benzene rings is 1. The molecule has 0 aliphatic heterocycles. The van der Waals surface area contributed by atoms with Gasteiger partial charge in [0, 0.05) is 32.0 Å². The van der Waals surface area contributed by atoms with E-state index in [0.717, 1.165) is 44.4 Å². The molecule has 2 N–H and O–H groups in total. The molecule has 0 aliphatic carbocycles. The van der Waals surface area contributed by atoms with Gasteiger partial charge in [0.1, 0.15) is 5.75 Å². The summed E-state index contributed by atoms with van der Waals surface area (Å²) in [4.78, 5) is 4.67. The summed E-state index contributed by atoms with van der Waals surface area (Å²) in [6.45, 7) is 11.7. The normalized spacial score (nSPS) is 12.9. The van der Waals surface area contributed by atoms with Crippen molar-refractivity contribution in [2.24, 2.45) is 10.9 Å². The van der Waals surface area contributed by atoms with Crippen LogP contribution in [0.4, 0.5) is 0 Å². The highest BCUT2D eigenvalue weighted by Crippen LogP contribution is 2.18. The van der Waals surface area contributed by atoms with Crippen LogP contribution in [0.1, 0.15) is 45.7 Å². The lowest BCUT2D eigenvalue weighted by molar-refractivity contribution is 0.271. The largest absolute Gasteiger partial charge is 0.493 e. The molecule has 6 heteroatoms. The second-order valence-corrected chi connectivity index (χ2v) is 7.02. The van der Waals surface area contributed by atoms with Crippen LogP contribution in [0, 0.1) is 5.92 Å². The van der Waals surface area contributed by atoms with Gasteiger partial charge in [-0.15, -0.1) is 0 Å². The third kappa shape index (κ3) is 7.72. The number of nitrogens with zero attached hydrogens (tertiary/aromatic N) is 3. The van der Waals surface area contributed by atoms with Crippen LogP contribution in [0.3, 0.4) is 0 Å². The zero-order valence-electron chi connectivity index (χ0n) is 17.0. The second-order valence-electron chi connectivity index (χ2n) is 7.02. The van der Waals surface area contributed by atoms with Gasteiger partial charge in [-0.05, 0) is 49.9 Å². The molecule has 1 heterocycles. The van der Waals surface area contributed by atoms with Crippen molar-refractivity contribution >= 4 is 5.96 Å². The molecule has 2 aromatic rings. The summed E-state index contributed by atoms with van der Waals surface area (Å²) in [5.74, 6) is 2.28. The Labute approximate surface area is 163 Å². The molecule has 0 saturated heterocycles. The number of aliphatic imine (C=N–C) groups is 1. The van der Waals surface area contributed by atoms with Gasteiger partial charge in [0.15, 0.2) is 5.96 Å². The number of nitrogens with one attached hydrogen (secondary N) is 2. The van der Waals surface area contributed by atoms with E-state index in [2.05, 4.69) is 60.6 Å². The van der Waals surface area contributed by atoms with Crippen LogP contribution in [0.15, 0.2) is 47.7 Å². The lowest BCUT2D eigenvalue weighted by atomic mass is 10.1. The summed E-state index contributed by atoms with van der Waals surface area (Å²) in [5, 5.41) is 11.0. The van der Waals surface area contributed by atoms with Gasteiger partial charge in [-0.25, -0.2) is 0 Å². The number of aryl methyl sites for hydroxylation is 1. The highest BCUT2D eigenvalue weighted by atomic mass is 16.5. The van der Waals surface area contributed by atoms with E-state index in [9.17, 15) is 0 Å². The fourth-order valence-electron chi connectivity index (χ4n) is 2.58. The van der Waals surface area contributed by atoms with Gasteiger partial charge in [-0.2, -0.15) is 5.10 Å². The molecule has 1 atom stereocenters. The fraction of sp³-hybridized carbons (Fsp3) is 0.524. The molecule has 2 rings (SSSR count). The molecule has 6 nitrogen and oxygen atoms in total. The number of hydrogen-bond acceptors (Lipinski definition) is 3. The van der Waals surface area contributed by atoms with Crippen molar-refractivity contribution in [1.29, 1.82) is 0 Å². The van der Waals surface area contributed by atoms with E-state index < -0.39 is 0 Å². The van der Waals surface area contributed by atoms with E-state index in [1.165, 1.54) is 5.56 Å². The molecule has 1 aromatic carbocycles. The van der Waals surface area contributed by atoms with E-state index in [-0.39, 0.29) is 6.04 Å². The predicted octanol–water partition coefficient (Wildman–Crippen LogP) is 3.62. The molecule has 0 radical (unpaired) electrons. The van der Waals surface area contributed by atoms with Crippen LogP contribution in [0.2, 0.25) is 0 Å². The van der Waals surface area contributed by atoms with E-state index in [4.69, 9.17) is 4.74 Å². The minimum absolute atomic E-state index is 0.160. The zero-order chi connectivity index (χ0) is 19.5. The first-order valence-electron chi connectivity index (χ1n) is 9.83. The average Bonchev–Trinajstić information content (AvgIpc) is 3.17. The number of hydrogen-bond donors (Lipinski definition) is 2. The summed E-state index contributed by atoms with van der Waals surface area (Å²) in [7, 11) is 0. The Bertz CT molecular complexity index is 664. The Hall–Kier alpha value is -2.50. The van der Waals surface area contributed by atoms with Gasteiger partial charge in [-0.1, -0.05) is 26.0 Å². The monoisotopic (exact) mass is 371 g/mol. The highest BCUT2D eigenvalue weighted by Gasteiger charge is 2.08. The first-order chi connectivity index (χ1) is 13.1. The topological polar surface area (TPSA) is 63.5 Å². The Morgan fingerprint density at radius 3 is 2.63 bits per heavy atom. The number of ether oxygens (including phenoxy) is 1. The standard InChI is InChI=1S/C21H33N5O/c1-5-22-21(23-12-6-14-26-15-7-13-24-26)25-18(4)19-8-10-20(11-9-19)27-16-17(2)3/h7-11,13,15,17-18H,5-6,12,14,16H2,1-4H3,(H2,22,23,25). The molecule has 0 spiro atoms. The van der Waals surface area contributed by atoms with Gasteiger partial charge >= 0.3 is 0 Å².